The minimum atomic E-state index is -0.0230. The molecule has 2 aromatic carbocycles. The molecule has 0 saturated heterocycles. The van der Waals surface area contributed by atoms with E-state index in [1.165, 1.54) is 15.8 Å². The van der Waals surface area contributed by atoms with Crippen molar-refractivity contribution in [2.24, 2.45) is 0 Å². The van der Waals surface area contributed by atoms with Crippen molar-refractivity contribution in [3.05, 3.63) is 71.2 Å². The van der Waals surface area contributed by atoms with E-state index in [9.17, 15) is 4.79 Å². The van der Waals surface area contributed by atoms with Gasteiger partial charge in [0.25, 0.3) is 0 Å². The van der Waals surface area contributed by atoms with Crippen LogP contribution in [0.4, 0.5) is 0 Å². The smallest absolute Gasteiger partial charge is 0.237 e. The van der Waals surface area contributed by atoms with Crippen LogP contribution in [-0.4, -0.2) is 47.4 Å². The fraction of sp³-hybridized carbons (Fsp3) is 0.304. The van der Waals surface area contributed by atoms with E-state index in [1.807, 2.05) is 36.2 Å². The van der Waals surface area contributed by atoms with Crippen LogP contribution in [0.3, 0.4) is 0 Å². The van der Waals surface area contributed by atoms with Crippen molar-refractivity contribution < 1.29 is 4.79 Å². The van der Waals surface area contributed by atoms with Gasteiger partial charge in [0.1, 0.15) is 5.01 Å². The van der Waals surface area contributed by atoms with Crippen molar-refractivity contribution in [1.29, 1.82) is 0 Å². The lowest BCUT2D eigenvalue weighted by Gasteiger charge is -2.29. The van der Waals surface area contributed by atoms with Crippen LogP contribution in [0.25, 0.3) is 15.8 Å². The fourth-order valence-corrected chi connectivity index (χ4v) is 4.59. The van der Waals surface area contributed by atoms with Gasteiger partial charge in [0.15, 0.2) is 0 Å². The Balaban J connectivity index is 1.37. The van der Waals surface area contributed by atoms with Gasteiger partial charge in [0.05, 0.1) is 22.8 Å². The highest BCUT2D eigenvalue weighted by Gasteiger charge is 2.23. The topological polar surface area (TPSA) is 36.4 Å². The number of para-hydroxylation sites is 1. The molecule has 5 heteroatoms. The standard InChI is InChI=1S/C23H25N3OS/c1-17(23-24-20-10-6-7-11-21(20)28-23)25(2)22(27)16-26-14-12-19(13-15-26)18-8-4-3-5-9-18/h3-12,17H,13-16H2,1-2H3/t17-/m0/s1. The Kier molecular flexibility index (Phi) is 5.55. The van der Waals surface area contributed by atoms with E-state index < -0.39 is 0 Å². The number of hydrogen-bond donors (Lipinski definition) is 0. The Labute approximate surface area is 170 Å². The normalized spacial score (nSPS) is 16.0. The van der Waals surface area contributed by atoms with Crippen molar-refractivity contribution in [1.82, 2.24) is 14.8 Å². The van der Waals surface area contributed by atoms with E-state index in [0.29, 0.717) is 6.54 Å². The number of aromatic nitrogens is 1. The molecule has 0 N–H and O–H groups in total. The summed E-state index contributed by atoms with van der Waals surface area (Å²) in [6.07, 6.45) is 3.23. The van der Waals surface area contributed by atoms with E-state index in [0.717, 1.165) is 30.0 Å². The molecule has 4 nitrogen and oxygen atoms in total. The molecule has 0 radical (unpaired) electrons. The van der Waals surface area contributed by atoms with Crippen molar-refractivity contribution in [3.63, 3.8) is 0 Å². The van der Waals surface area contributed by atoms with Crippen molar-refractivity contribution in [2.75, 3.05) is 26.7 Å². The van der Waals surface area contributed by atoms with Gasteiger partial charge in [-0.25, -0.2) is 4.98 Å². The maximum Gasteiger partial charge on any atom is 0.237 e. The molecule has 2 heterocycles. The number of carbonyl (C=O) groups is 1. The Bertz CT molecular complexity index is 962. The van der Waals surface area contributed by atoms with Gasteiger partial charge < -0.3 is 4.90 Å². The number of nitrogens with zero attached hydrogens (tertiary/aromatic N) is 3. The first-order valence-corrected chi connectivity index (χ1v) is 10.5. The predicted molar refractivity (Wildman–Crippen MR) is 116 cm³/mol. The number of thiazole rings is 1. The van der Waals surface area contributed by atoms with Gasteiger partial charge in [0.2, 0.25) is 5.91 Å². The minimum Gasteiger partial charge on any atom is -0.335 e. The lowest BCUT2D eigenvalue weighted by molar-refractivity contribution is -0.132. The molecule has 0 aliphatic carbocycles. The highest BCUT2D eigenvalue weighted by atomic mass is 32.1. The van der Waals surface area contributed by atoms with E-state index >= 15 is 0 Å². The van der Waals surface area contributed by atoms with Crippen molar-refractivity contribution in [2.45, 2.75) is 19.4 Å². The van der Waals surface area contributed by atoms with Gasteiger partial charge in [-0.15, -0.1) is 11.3 Å². The second kappa shape index (κ2) is 8.25. The molecule has 28 heavy (non-hydrogen) atoms. The van der Waals surface area contributed by atoms with E-state index in [1.54, 1.807) is 11.3 Å². The lowest BCUT2D eigenvalue weighted by Crippen LogP contribution is -2.41. The summed E-state index contributed by atoms with van der Waals surface area (Å²) < 4.78 is 1.17. The molecule has 0 fully saturated rings. The van der Waals surface area contributed by atoms with Crippen LogP contribution in [0.15, 0.2) is 60.7 Å². The average Bonchev–Trinajstić information content (AvgIpc) is 3.18. The summed E-state index contributed by atoms with van der Waals surface area (Å²) in [5.41, 5.74) is 3.67. The SMILES string of the molecule is C[C@@H](c1nc2ccccc2s1)N(C)C(=O)CN1CC=C(c2ccccc2)CC1. The first kappa shape index (κ1) is 18.8. The molecule has 1 aliphatic heterocycles. The number of carbonyl (C=O) groups excluding carboxylic acids is 1. The molecule has 3 aromatic rings. The molecular weight excluding hydrogens is 366 g/mol. The number of benzene rings is 2. The highest BCUT2D eigenvalue weighted by Crippen LogP contribution is 2.29. The Hall–Kier alpha value is -2.50. The zero-order valence-corrected chi connectivity index (χ0v) is 17.2. The number of likely N-dealkylation sites (N-methyl/N-ethyl adjacent to an activating group) is 1. The summed E-state index contributed by atoms with van der Waals surface area (Å²) in [6, 6.07) is 18.6. The van der Waals surface area contributed by atoms with Gasteiger partial charge in [-0.2, -0.15) is 0 Å². The fourth-order valence-electron chi connectivity index (χ4n) is 3.52. The molecule has 0 unspecified atom stereocenters. The zero-order valence-electron chi connectivity index (χ0n) is 16.3. The second-order valence-electron chi connectivity index (χ2n) is 7.28. The van der Waals surface area contributed by atoms with Gasteiger partial charge in [0, 0.05) is 20.1 Å². The predicted octanol–water partition coefficient (Wildman–Crippen LogP) is 4.61. The van der Waals surface area contributed by atoms with Crippen molar-refractivity contribution in [3.8, 4) is 0 Å². The maximum atomic E-state index is 12.8. The summed E-state index contributed by atoms with van der Waals surface area (Å²) >= 11 is 1.67. The second-order valence-corrected chi connectivity index (χ2v) is 8.34. The molecule has 4 rings (SSSR count). The number of rotatable bonds is 5. The summed E-state index contributed by atoms with van der Waals surface area (Å²) in [6.45, 7) is 4.23. The third-order valence-electron chi connectivity index (χ3n) is 5.44. The molecule has 144 valence electrons. The summed E-state index contributed by atoms with van der Waals surface area (Å²) in [4.78, 5) is 21.6. The largest absolute Gasteiger partial charge is 0.335 e. The highest BCUT2D eigenvalue weighted by molar-refractivity contribution is 7.18. The summed E-state index contributed by atoms with van der Waals surface area (Å²) in [7, 11) is 1.88. The molecule has 0 saturated carbocycles. The van der Waals surface area contributed by atoms with Crippen LogP contribution in [0.5, 0.6) is 0 Å². The summed E-state index contributed by atoms with van der Waals surface area (Å²) in [5.74, 6) is 0.142. The monoisotopic (exact) mass is 391 g/mol. The first-order valence-electron chi connectivity index (χ1n) is 9.70. The van der Waals surface area contributed by atoms with E-state index in [-0.39, 0.29) is 11.9 Å². The number of hydrogen-bond acceptors (Lipinski definition) is 4. The molecule has 1 amide bonds. The van der Waals surface area contributed by atoms with Gasteiger partial charge >= 0.3 is 0 Å². The molecule has 0 bridgehead atoms. The molecule has 1 aliphatic rings. The first-order chi connectivity index (χ1) is 13.6. The maximum absolute atomic E-state index is 12.8. The number of fused-ring (bicyclic) bond motifs is 1. The van der Waals surface area contributed by atoms with E-state index in [2.05, 4.69) is 48.2 Å². The molecule has 0 spiro atoms. The summed E-state index contributed by atoms with van der Waals surface area (Å²) in [5, 5.41) is 0.988. The van der Waals surface area contributed by atoms with E-state index in [4.69, 9.17) is 4.98 Å². The van der Waals surface area contributed by atoms with Crippen LogP contribution < -0.4 is 0 Å². The van der Waals surface area contributed by atoms with Crippen LogP contribution in [0, 0.1) is 0 Å². The third-order valence-corrected chi connectivity index (χ3v) is 6.65. The Morgan fingerprint density at radius 3 is 2.64 bits per heavy atom. The lowest BCUT2D eigenvalue weighted by atomic mass is 9.99. The molecule has 1 atom stereocenters. The van der Waals surface area contributed by atoms with Gasteiger partial charge in [-0.1, -0.05) is 48.5 Å². The number of amides is 1. The third kappa shape index (κ3) is 4.01. The Morgan fingerprint density at radius 1 is 1.18 bits per heavy atom. The van der Waals surface area contributed by atoms with Crippen LogP contribution in [-0.2, 0) is 4.79 Å². The Morgan fingerprint density at radius 2 is 1.93 bits per heavy atom. The van der Waals surface area contributed by atoms with Gasteiger partial charge in [-0.3, -0.25) is 9.69 Å². The average molecular weight is 392 g/mol. The van der Waals surface area contributed by atoms with Crippen LogP contribution in [0.1, 0.15) is 30.0 Å². The van der Waals surface area contributed by atoms with Gasteiger partial charge in [-0.05, 0) is 36.6 Å². The quantitative estimate of drug-likeness (QED) is 0.637. The molecule has 1 aromatic heterocycles. The van der Waals surface area contributed by atoms with Crippen LogP contribution in [0.2, 0.25) is 0 Å². The van der Waals surface area contributed by atoms with Crippen molar-refractivity contribution >= 4 is 33.0 Å². The zero-order chi connectivity index (χ0) is 19.5. The van der Waals surface area contributed by atoms with Crippen LogP contribution >= 0.6 is 11.3 Å². The molecular formula is C23H25N3OS. The minimum absolute atomic E-state index is 0.0230.